The highest BCUT2D eigenvalue weighted by molar-refractivity contribution is 6.30. The lowest BCUT2D eigenvalue weighted by Gasteiger charge is -2.32. The Morgan fingerprint density at radius 1 is 0.829 bits per heavy atom. The molecule has 35 heavy (non-hydrogen) atoms. The highest BCUT2D eigenvalue weighted by Crippen LogP contribution is 2.29. The molecule has 0 bridgehead atoms. The van der Waals surface area contributed by atoms with E-state index in [9.17, 15) is 0 Å². The van der Waals surface area contributed by atoms with E-state index in [1.165, 1.54) is 24.0 Å². The van der Waals surface area contributed by atoms with E-state index in [4.69, 9.17) is 21.1 Å². The van der Waals surface area contributed by atoms with Crippen LogP contribution in [0.4, 0.5) is 0 Å². The number of halogens is 3. The first-order valence-corrected chi connectivity index (χ1v) is 12.2. The maximum Gasteiger partial charge on any atom is 0.161 e. The standard InChI is InChI=1S/C28H33ClN2O2.2ClH/c1-2-32-28-18-24(10-13-27(28)33-21-23-8-11-25(29)12-9-23)19-30-26-14-16-31(17-15-26)20-22-6-4-3-5-7-22;;/h3-13,18,26,30H,2,14-17,19-21H2,1H3;2*1H. The first-order valence-electron chi connectivity index (χ1n) is 11.8. The van der Waals surface area contributed by atoms with Gasteiger partial charge in [-0.15, -0.1) is 24.8 Å². The molecule has 1 aliphatic heterocycles. The summed E-state index contributed by atoms with van der Waals surface area (Å²) in [6, 6.07) is 25.2. The number of piperidine rings is 1. The minimum atomic E-state index is 0. The largest absolute Gasteiger partial charge is 0.490 e. The smallest absolute Gasteiger partial charge is 0.161 e. The molecule has 0 saturated carbocycles. The summed E-state index contributed by atoms with van der Waals surface area (Å²) in [6.45, 7) is 7.23. The van der Waals surface area contributed by atoms with Crippen molar-refractivity contribution in [3.05, 3.63) is 94.5 Å². The third-order valence-corrected chi connectivity index (χ3v) is 6.30. The molecule has 3 aromatic carbocycles. The molecular formula is C28H35Cl3N2O2. The molecule has 4 nitrogen and oxygen atoms in total. The monoisotopic (exact) mass is 536 g/mol. The molecule has 1 aliphatic rings. The van der Waals surface area contributed by atoms with E-state index in [2.05, 4.69) is 52.7 Å². The molecule has 0 amide bonds. The van der Waals surface area contributed by atoms with Gasteiger partial charge in [-0.1, -0.05) is 60.1 Å². The van der Waals surface area contributed by atoms with Crippen LogP contribution < -0.4 is 14.8 Å². The number of hydrogen-bond donors (Lipinski definition) is 1. The minimum absolute atomic E-state index is 0. The van der Waals surface area contributed by atoms with Crippen molar-refractivity contribution in [1.82, 2.24) is 10.2 Å². The molecule has 7 heteroatoms. The normalized spacial score (nSPS) is 14.0. The van der Waals surface area contributed by atoms with Crippen LogP contribution in [0.3, 0.4) is 0 Å². The Morgan fingerprint density at radius 3 is 2.20 bits per heavy atom. The van der Waals surface area contributed by atoms with Crippen LogP contribution in [0, 0.1) is 0 Å². The number of nitrogens with one attached hydrogen (secondary N) is 1. The van der Waals surface area contributed by atoms with E-state index in [1.54, 1.807) is 0 Å². The Hall–Kier alpha value is -1.95. The van der Waals surface area contributed by atoms with Gasteiger partial charge < -0.3 is 14.8 Å². The van der Waals surface area contributed by atoms with Gasteiger partial charge in [0.15, 0.2) is 11.5 Å². The zero-order chi connectivity index (χ0) is 22.9. The average molecular weight is 538 g/mol. The zero-order valence-electron chi connectivity index (χ0n) is 20.1. The summed E-state index contributed by atoms with van der Waals surface area (Å²) in [5, 5.41) is 4.47. The third-order valence-electron chi connectivity index (χ3n) is 6.05. The predicted octanol–water partition coefficient (Wildman–Crippen LogP) is 6.92. The van der Waals surface area contributed by atoms with Gasteiger partial charge in [-0.25, -0.2) is 0 Å². The Balaban J connectivity index is 0.00000216. The molecular weight excluding hydrogens is 503 g/mol. The fourth-order valence-corrected chi connectivity index (χ4v) is 4.32. The van der Waals surface area contributed by atoms with Crippen molar-refractivity contribution in [3.63, 3.8) is 0 Å². The van der Waals surface area contributed by atoms with Gasteiger partial charge >= 0.3 is 0 Å². The lowest BCUT2D eigenvalue weighted by Crippen LogP contribution is -2.41. The highest BCUT2D eigenvalue weighted by Gasteiger charge is 2.19. The lowest BCUT2D eigenvalue weighted by atomic mass is 10.0. The minimum Gasteiger partial charge on any atom is -0.490 e. The molecule has 0 spiro atoms. The highest BCUT2D eigenvalue weighted by atomic mass is 35.5. The summed E-state index contributed by atoms with van der Waals surface area (Å²) < 4.78 is 11.9. The number of likely N-dealkylation sites (tertiary alicyclic amines) is 1. The van der Waals surface area contributed by atoms with Crippen LogP contribution >= 0.6 is 36.4 Å². The molecule has 3 aromatic rings. The first kappa shape index (κ1) is 29.3. The SMILES string of the molecule is CCOc1cc(CNC2CCN(Cc3ccccc3)CC2)ccc1OCc1ccc(Cl)cc1.Cl.Cl. The Bertz CT molecular complexity index is 995. The second-order valence-electron chi connectivity index (χ2n) is 8.55. The molecule has 0 radical (unpaired) electrons. The van der Waals surface area contributed by atoms with Gasteiger partial charge in [0.25, 0.3) is 0 Å². The zero-order valence-corrected chi connectivity index (χ0v) is 22.5. The van der Waals surface area contributed by atoms with Gasteiger partial charge in [-0.2, -0.15) is 0 Å². The molecule has 1 N–H and O–H groups in total. The average Bonchev–Trinajstić information content (AvgIpc) is 2.85. The topological polar surface area (TPSA) is 33.7 Å². The number of nitrogens with zero attached hydrogens (tertiary/aromatic N) is 1. The second-order valence-corrected chi connectivity index (χ2v) is 8.98. The summed E-state index contributed by atoms with van der Waals surface area (Å²) in [5.74, 6) is 1.56. The summed E-state index contributed by atoms with van der Waals surface area (Å²) in [4.78, 5) is 2.55. The van der Waals surface area contributed by atoms with Crippen molar-refractivity contribution >= 4 is 36.4 Å². The fourth-order valence-electron chi connectivity index (χ4n) is 4.19. The van der Waals surface area contributed by atoms with Crippen LogP contribution in [0.5, 0.6) is 11.5 Å². The number of benzene rings is 3. The van der Waals surface area contributed by atoms with Gasteiger partial charge in [0.1, 0.15) is 6.61 Å². The van der Waals surface area contributed by atoms with Crippen molar-refractivity contribution in [1.29, 1.82) is 0 Å². The Kier molecular flexibility index (Phi) is 12.7. The Morgan fingerprint density at radius 2 is 1.51 bits per heavy atom. The quantitative estimate of drug-likeness (QED) is 0.304. The van der Waals surface area contributed by atoms with Crippen LogP contribution in [-0.4, -0.2) is 30.6 Å². The molecule has 0 aromatic heterocycles. The van der Waals surface area contributed by atoms with Crippen molar-refractivity contribution in [2.24, 2.45) is 0 Å². The second kappa shape index (κ2) is 15.2. The predicted molar refractivity (Wildman–Crippen MR) is 149 cm³/mol. The van der Waals surface area contributed by atoms with Crippen LogP contribution in [0.2, 0.25) is 5.02 Å². The van der Waals surface area contributed by atoms with E-state index in [-0.39, 0.29) is 24.8 Å². The molecule has 0 atom stereocenters. The van der Waals surface area contributed by atoms with Crippen LogP contribution in [0.1, 0.15) is 36.5 Å². The molecule has 190 valence electrons. The maximum absolute atomic E-state index is 6.03. The fraction of sp³-hybridized carbons (Fsp3) is 0.357. The molecule has 0 aliphatic carbocycles. The number of hydrogen-bond acceptors (Lipinski definition) is 4. The van der Waals surface area contributed by atoms with E-state index in [1.807, 2.05) is 37.3 Å². The number of ether oxygens (including phenoxy) is 2. The number of rotatable bonds is 10. The van der Waals surface area contributed by atoms with E-state index in [0.717, 1.165) is 48.3 Å². The van der Waals surface area contributed by atoms with Gasteiger partial charge in [0.05, 0.1) is 6.61 Å². The molecule has 1 saturated heterocycles. The lowest BCUT2D eigenvalue weighted by molar-refractivity contribution is 0.190. The van der Waals surface area contributed by atoms with Crippen molar-refractivity contribution < 1.29 is 9.47 Å². The summed E-state index contributed by atoms with van der Waals surface area (Å²) in [5.41, 5.74) is 3.68. The molecule has 1 heterocycles. The van der Waals surface area contributed by atoms with Gasteiger partial charge in [-0.05, 0) is 73.8 Å². The van der Waals surface area contributed by atoms with Gasteiger partial charge in [0, 0.05) is 24.2 Å². The Labute approximate surface area is 226 Å². The van der Waals surface area contributed by atoms with E-state index < -0.39 is 0 Å². The third kappa shape index (κ3) is 9.21. The molecule has 0 unspecified atom stereocenters. The first-order chi connectivity index (χ1) is 16.2. The van der Waals surface area contributed by atoms with Gasteiger partial charge in [-0.3, -0.25) is 4.90 Å². The van der Waals surface area contributed by atoms with Crippen molar-refractivity contribution in [3.8, 4) is 11.5 Å². The molecule has 1 fully saturated rings. The van der Waals surface area contributed by atoms with E-state index in [0.29, 0.717) is 19.3 Å². The van der Waals surface area contributed by atoms with E-state index >= 15 is 0 Å². The summed E-state index contributed by atoms with van der Waals surface area (Å²) in [7, 11) is 0. The van der Waals surface area contributed by atoms with Crippen LogP contribution in [0.15, 0.2) is 72.8 Å². The van der Waals surface area contributed by atoms with Crippen LogP contribution in [-0.2, 0) is 19.7 Å². The van der Waals surface area contributed by atoms with Crippen molar-refractivity contribution in [2.45, 2.75) is 45.5 Å². The summed E-state index contributed by atoms with van der Waals surface area (Å²) in [6.07, 6.45) is 2.35. The maximum atomic E-state index is 6.03. The van der Waals surface area contributed by atoms with Crippen LogP contribution in [0.25, 0.3) is 0 Å². The van der Waals surface area contributed by atoms with Crippen molar-refractivity contribution in [2.75, 3.05) is 19.7 Å². The summed E-state index contributed by atoms with van der Waals surface area (Å²) >= 11 is 5.97. The van der Waals surface area contributed by atoms with Gasteiger partial charge in [0.2, 0.25) is 0 Å². The molecule has 4 rings (SSSR count).